The highest BCUT2D eigenvalue weighted by molar-refractivity contribution is 5.42. The second-order valence-corrected chi connectivity index (χ2v) is 3.36. The molecule has 0 bridgehead atoms. The van der Waals surface area contributed by atoms with Gasteiger partial charge in [-0.15, -0.1) is 0 Å². The van der Waals surface area contributed by atoms with E-state index in [0.29, 0.717) is 5.92 Å². The molecule has 1 aliphatic heterocycles. The highest BCUT2D eigenvalue weighted by atomic mass is 14.9. The average Bonchev–Trinajstić information content (AvgIpc) is 2.56. The van der Waals surface area contributed by atoms with Crippen LogP contribution >= 0.6 is 0 Å². The number of nitrogen functional groups attached to an aromatic ring is 1. The number of nitrogens with two attached hydrogens (primary N) is 1. The predicted octanol–water partition coefficient (Wildman–Crippen LogP) is 1.35. The van der Waals surface area contributed by atoms with Crippen LogP contribution in [0.1, 0.15) is 17.9 Å². The zero-order valence-corrected chi connectivity index (χ0v) is 7.09. The maximum Gasteiger partial charge on any atom is 0.0316 e. The Hall–Kier alpha value is -1.02. The third-order valence-corrected chi connectivity index (χ3v) is 2.44. The van der Waals surface area contributed by atoms with E-state index in [1.807, 2.05) is 12.1 Å². The zero-order valence-electron chi connectivity index (χ0n) is 7.09. The van der Waals surface area contributed by atoms with Crippen molar-refractivity contribution in [2.75, 3.05) is 18.8 Å². The van der Waals surface area contributed by atoms with Crippen LogP contribution in [0.5, 0.6) is 0 Å². The zero-order chi connectivity index (χ0) is 8.39. The molecule has 0 aromatic heterocycles. The highest BCUT2D eigenvalue weighted by Gasteiger charge is 2.15. The summed E-state index contributed by atoms with van der Waals surface area (Å²) in [4.78, 5) is 0. The molecule has 64 valence electrons. The summed E-state index contributed by atoms with van der Waals surface area (Å²) in [6.45, 7) is 2.24. The molecule has 2 rings (SSSR count). The van der Waals surface area contributed by atoms with E-state index in [9.17, 15) is 0 Å². The van der Waals surface area contributed by atoms with Crippen LogP contribution in [0.15, 0.2) is 24.3 Å². The molecule has 1 heterocycles. The Balaban J connectivity index is 2.21. The lowest BCUT2D eigenvalue weighted by Gasteiger charge is -2.08. The highest BCUT2D eigenvalue weighted by Crippen LogP contribution is 2.23. The number of rotatable bonds is 1. The van der Waals surface area contributed by atoms with Crippen molar-refractivity contribution >= 4 is 5.69 Å². The lowest BCUT2D eigenvalue weighted by Crippen LogP contribution is -2.07. The van der Waals surface area contributed by atoms with Gasteiger partial charge in [0, 0.05) is 12.2 Å². The van der Waals surface area contributed by atoms with Gasteiger partial charge in [-0.2, -0.15) is 0 Å². The second-order valence-electron chi connectivity index (χ2n) is 3.36. The van der Waals surface area contributed by atoms with Gasteiger partial charge in [-0.3, -0.25) is 0 Å². The van der Waals surface area contributed by atoms with Crippen molar-refractivity contribution in [2.45, 2.75) is 12.3 Å². The average molecular weight is 162 g/mol. The van der Waals surface area contributed by atoms with Crippen molar-refractivity contribution in [3.8, 4) is 0 Å². The molecule has 1 saturated heterocycles. The summed E-state index contributed by atoms with van der Waals surface area (Å²) in [5.41, 5.74) is 7.96. The Morgan fingerprint density at radius 3 is 3.00 bits per heavy atom. The minimum Gasteiger partial charge on any atom is -0.399 e. The number of benzene rings is 1. The number of anilines is 1. The Labute approximate surface area is 72.8 Å². The number of nitrogens with one attached hydrogen (secondary N) is 1. The van der Waals surface area contributed by atoms with Gasteiger partial charge in [0.15, 0.2) is 0 Å². The molecule has 1 atom stereocenters. The van der Waals surface area contributed by atoms with E-state index in [1.54, 1.807) is 0 Å². The van der Waals surface area contributed by atoms with Crippen LogP contribution in [0.3, 0.4) is 0 Å². The van der Waals surface area contributed by atoms with Gasteiger partial charge in [-0.05, 0) is 36.6 Å². The van der Waals surface area contributed by atoms with Gasteiger partial charge in [-0.25, -0.2) is 0 Å². The molecule has 0 spiro atoms. The Morgan fingerprint density at radius 1 is 1.42 bits per heavy atom. The Kier molecular flexibility index (Phi) is 2.00. The quantitative estimate of drug-likeness (QED) is 0.612. The lowest BCUT2D eigenvalue weighted by molar-refractivity contribution is 0.764. The van der Waals surface area contributed by atoms with Crippen molar-refractivity contribution in [1.82, 2.24) is 5.32 Å². The van der Waals surface area contributed by atoms with Crippen molar-refractivity contribution in [1.29, 1.82) is 0 Å². The molecule has 0 amide bonds. The van der Waals surface area contributed by atoms with Crippen LogP contribution in [0.4, 0.5) is 5.69 Å². The maximum atomic E-state index is 5.71. The molecule has 1 aliphatic rings. The molecule has 1 aromatic rings. The summed E-state index contributed by atoms with van der Waals surface area (Å²) in [6, 6.07) is 8.21. The van der Waals surface area contributed by atoms with Crippen LogP contribution in [0, 0.1) is 0 Å². The molecule has 3 N–H and O–H groups in total. The molecule has 1 fully saturated rings. The summed E-state index contributed by atoms with van der Waals surface area (Å²) in [6.07, 6.45) is 1.24. The third-order valence-electron chi connectivity index (χ3n) is 2.44. The van der Waals surface area contributed by atoms with Crippen molar-refractivity contribution in [2.24, 2.45) is 0 Å². The van der Waals surface area contributed by atoms with E-state index in [2.05, 4.69) is 17.4 Å². The number of hydrogen-bond acceptors (Lipinski definition) is 2. The van der Waals surface area contributed by atoms with E-state index < -0.39 is 0 Å². The molecular weight excluding hydrogens is 148 g/mol. The summed E-state index contributed by atoms with van der Waals surface area (Å²) < 4.78 is 0. The fourth-order valence-corrected chi connectivity index (χ4v) is 1.75. The molecule has 2 heteroatoms. The lowest BCUT2D eigenvalue weighted by atomic mass is 9.98. The monoisotopic (exact) mass is 162 g/mol. The Bertz CT molecular complexity index is 264. The first-order valence-corrected chi connectivity index (χ1v) is 4.42. The van der Waals surface area contributed by atoms with Gasteiger partial charge in [0.05, 0.1) is 0 Å². The topological polar surface area (TPSA) is 38.0 Å². The van der Waals surface area contributed by atoms with E-state index in [4.69, 9.17) is 5.73 Å². The van der Waals surface area contributed by atoms with Crippen molar-refractivity contribution in [3.05, 3.63) is 29.8 Å². The van der Waals surface area contributed by atoms with Gasteiger partial charge in [0.25, 0.3) is 0 Å². The predicted molar refractivity (Wildman–Crippen MR) is 51.1 cm³/mol. The summed E-state index contributed by atoms with van der Waals surface area (Å²) in [5, 5.41) is 3.35. The van der Waals surface area contributed by atoms with E-state index in [-0.39, 0.29) is 0 Å². The fourth-order valence-electron chi connectivity index (χ4n) is 1.75. The molecule has 0 radical (unpaired) electrons. The third kappa shape index (κ3) is 1.43. The first-order chi connectivity index (χ1) is 5.86. The van der Waals surface area contributed by atoms with Gasteiger partial charge in [0.1, 0.15) is 0 Å². The molecule has 0 aliphatic carbocycles. The van der Waals surface area contributed by atoms with Gasteiger partial charge in [0.2, 0.25) is 0 Å². The van der Waals surface area contributed by atoms with Crippen LogP contribution in [0.25, 0.3) is 0 Å². The first kappa shape index (κ1) is 7.62. The van der Waals surface area contributed by atoms with Crippen LogP contribution < -0.4 is 11.1 Å². The first-order valence-electron chi connectivity index (χ1n) is 4.42. The molecule has 0 saturated carbocycles. The maximum absolute atomic E-state index is 5.71. The van der Waals surface area contributed by atoms with Crippen LogP contribution in [-0.2, 0) is 0 Å². The second kappa shape index (κ2) is 3.15. The molecule has 1 aromatic carbocycles. The standard InChI is InChI=1S/C10H14N2/c11-10-3-1-2-8(6-10)9-4-5-12-7-9/h1-3,6,9,12H,4-5,7,11H2/t9-/m1/s1. The van der Waals surface area contributed by atoms with Gasteiger partial charge >= 0.3 is 0 Å². The summed E-state index contributed by atoms with van der Waals surface area (Å²) >= 11 is 0. The summed E-state index contributed by atoms with van der Waals surface area (Å²) in [5.74, 6) is 0.675. The normalized spacial score (nSPS) is 22.8. The van der Waals surface area contributed by atoms with Crippen molar-refractivity contribution in [3.63, 3.8) is 0 Å². The van der Waals surface area contributed by atoms with E-state index in [0.717, 1.165) is 18.8 Å². The molecular formula is C10H14N2. The van der Waals surface area contributed by atoms with Crippen LogP contribution in [0.2, 0.25) is 0 Å². The summed E-state index contributed by atoms with van der Waals surface area (Å²) in [7, 11) is 0. The smallest absolute Gasteiger partial charge is 0.0316 e. The fraction of sp³-hybridized carbons (Fsp3) is 0.400. The largest absolute Gasteiger partial charge is 0.399 e. The minimum absolute atomic E-state index is 0.675. The van der Waals surface area contributed by atoms with E-state index >= 15 is 0 Å². The number of hydrogen-bond donors (Lipinski definition) is 2. The Morgan fingerprint density at radius 2 is 2.33 bits per heavy atom. The van der Waals surface area contributed by atoms with Crippen LogP contribution in [-0.4, -0.2) is 13.1 Å². The molecule has 12 heavy (non-hydrogen) atoms. The molecule has 0 unspecified atom stereocenters. The molecule has 2 nitrogen and oxygen atoms in total. The van der Waals surface area contributed by atoms with E-state index in [1.165, 1.54) is 12.0 Å². The van der Waals surface area contributed by atoms with Gasteiger partial charge < -0.3 is 11.1 Å². The SMILES string of the molecule is Nc1cccc([C@@H]2CCNC2)c1. The van der Waals surface area contributed by atoms with Crippen molar-refractivity contribution < 1.29 is 0 Å². The van der Waals surface area contributed by atoms with Gasteiger partial charge in [-0.1, -0.05) is 12.1 Å². The minimum atomic E-state index is 0.675.